The van der Waals surface area contributed by atoms with Gasteiger partial charge in [0.05, 0.1) is 0 Å². The molecular weight excluding hydrogens is 140 g/mol. The van der Waals surface area contributed by atoms with Crippen molar-refractivity contribution >= 4 is 0 Å². The van der Waals surface area contributed by atoms with Crippen LogP contribution in [0.4, 0.5) is 0 Å². The fourth-order valence-electron chi connectivity index (χ4n) is 0. The predicted octanol–water partition coefficient (Wildman–Crippen LogP) is -1.12. The molecule has 28 valence electrons. The van der Waals surface area contributed by atoms with Gasteiger partial charge >= 0.3 is 24.2 Å². The van der Waals surface area contributed by atoms with Gasteiger partial charge in [-0.1, -0.05) is 0 Å². The van der Waals surface area contributed by atoms with Crippen LogP contribution in [0.15, 0.2) is 0 Å². The van der Waals surface area contributed by atoms with Crippen LogP contribution in [0.3, 0.4) is 0 Å². The topological polar surface area (TPSA) is 40.5 Å². The standard InChI is InChI=1S/Cr.Fe.2H2O/h;;2*1H2/q+2;;;/p-2. The van der Waals surface area contributed by atoms with Gasteiger partial charge in [0.25, 0.3) is 0 Å². The molecule has 0 unspecified atom stereocenters. The van der Waals surface area contributed by atoms with Crippen molar-refractivity contribution < 1.29 is 41.3 Å². The van der Waals surface area contributed by atoms with Gasteiger partial charge in [-0.15, -0.1) is 0 Å². The summed E-state index contributed by atoms with van der Waals surface area (Å²) in [5.41, 5.74) is 0. The van der Waals surface area contributed by atoms with Crippen molar-refractivity contribution in [2.45, 2.75) is 0 Å². The van der Waals surface area contributed by atoms with E-state index in [0.717, 1.165) is 0 Å². The maximum absolute atomic E-state index is 7.19. The summed E-state index contributed by atoms with van der Waals surface area (Å²) in [5, 5.41) is 0. The van der Waals surface area contributed by atoms with E-state index in [-0.39, 0.29) is 17.1 Å². The first-order chi connectivity index (χ1) is 1.41. The van der Waals surface area contributed by atoms with Crippen LogP contribution in [0, 0.1) is 0 Å². The van der Waals surface area contributed by atoms with Crippen LogP contribution < -0.4 is 0 Å². The van der Waals surface area contributed by atoms with Crippen LogP contribution in [0.25, 0.3) is 0 Å². The van der Waals surface area contributed by atoms with Gasteiger partial charge in [-0.2, -0.15) is 0 Å². The number of hydrogen-bond acceptors (Lipinski definition) is 2. The van der Waals surface area contributed by atoms with Gasteiger partial charge in [0.1, 0.15) is 0 Å². The van der Waals surface area contributed by atoms with E-state index in [4.69, 9.17) is 8.32 Å². The molecule has 0 saturated carbocycles. The Morgan fingerprint density at radius 1 is 1.25 bits per heavy atom. The Morgan fingerprint density at radius 2 is 1.25 bits per heavy atom. The van der Waals surface area contributed by atoms with E-state index < -0.39 is 15.9 Å². The molecule has 2 N–H and O–H groups in total. The Hall–Kier alpha value is 0.972. The molecule has 0 aromatic heterocycles. The van der Waals surface area contributed by atoms with Crippen molar-refractivity contribution in [3.05, 3.63) is 0 Å². The van der Waals surface area contributed by atoms with Crippen molar-refractivity contribution in [1.29, 1.82) is 0 Å². The van der Waals surface area contributed by atoms with Crippen LogP contribution in [-0.2, 0) is 33.0 Å². The van der Waals surface area contributed by atoms with E-state index in [9.17, 15) is 0 Å². The van der Waals surface area contributed by atoms with Crippen LogP contribution in [0.2, 0.25) is 0 Å². The second-order valence-electron chi connectivity index (χ2n) is 0.0816. The molecule has 0 aliphatic rings. The molecule has 2 nitrogen and oxygen atoms in total. The Labute approximate surface area is 41.7 Å². The van der Waals surface area contributed by atoms with Gasteiger partial charge in [0, 0.05) is 17.1 Å². The predicted molar refractivity (Wildman–Crippen MR) is 4.44 cm³/mol. The molecule has 0 aromatic rings. The van der Waals surface area contributed by atoms with Gasteiger partial charge in [-0.25, -0.2) is 0 Å². The van der Waals surface area contributed by atoms with E-state index in [1.54, 1.807) is 0 Å². The first kappa shape index (κ1) is 8.88. The molecule has 0 saturated heterocycles. The zero-order valence-corrected chi connectivity index (χ0v) is 4.04. The summed E-state index contributed by atoms with van der Waals surface area (Å²) in [6, 6.07) is 0. The minimum absolute atomic E-state index is 0. The normalized spacial score (nSPS) is 4.50. The van der Waals surface area contributed by atoms with Crippen LogP contribution in [-0.4, -0.2) is 8.32 Å². The summed E-state index contributed by atoms with van der Waals surface area (Å²) in [7, 11) is 0. The first-order valence-corrected chi connectivity index (χ1v) is 1.51. The van der Waals surface area contributed by atoms with Crippen molar-refractivity contribution in [3.63, 3.8) is 0 Å². The van der Waals surface area contributed by atoms with Crippen molar-refractivity contribution in [2.24, 2.45) is 0 Å². The van der Waals surface area contributed by atoms with Gasteiger partial charge in [0.15, 0.2) is 0 Å². The molecule has 0 amide bonds. The number of rotatable bonds is 0. The van der Waals surface area contributed by atoms with Gasteiger partial charge in [-0.05, 0) is 0 Å². The third kappa shape index (κ3) is 12.2. The molecule has 0 fully saturated rings. The molecule has 0 bridgehead atoms. The fraction of sp³-hybridized carbons (Fsp3) is 0. The molecule has 0 heterocycles. The summed E-state index contributed by atoms with van der Waals surface area (Å²) in [4.78, 5) is 0. The van der Waals surface area contributed by atoms with Crippen molar-refractivity contribution in [3.8, 4) is 0 Å². The Morgan fingerprint density at radius 3 is 1.25 bits per heavy atom. The monoisotopic (exact) mass is 142 g/mol. The average molecular weight is 142 g/mol. The average Bonchev–Trinajstić information content (AvgIpc) is 0.918. The van der Waals surface area contributed by atoms with Crippen molar-refractivity contribution in [1.82, 2.24) is 0 Å². The summed E-state index contributed by atoms with van der Waals surface area (Å²) >= 11 is -1.12. The minimum atomic E-state index is -1.12. The van der Waals surface area contributed by atoms with E-state index in [2.05, 4.69) is 0 Å². The Balaban J connectivity index is 0. The SMILES string of the molecule is [Fe].[OH][Cr][OH]. The molecule has 4 heavy (non-hydrogen) atoms. The number of hydrogen-bond donors (Lipinski definition) is 2. The van der Waals surface area contributed by atoms with E-state index >= 15 is 0 Å². The zero-order chi connectivity index (χ0) is 2.71. The van der Waals surface area contributed by atoms with Crippen LogP contribution >= 0.6 is 0 Å². The van der Waals surface area contributed by atoms with Crippen LogP contribution in [0.5, 0.6) is 0 Å². The Kier molecular flexibility index (Phi) is 20.0. The summed E-state index contributed by atoms with van der Waals surface area (Å²) < 4.78 is 14.4. The maximum atomic E-state index is 7.19. The molecule has 0 atom stereocenters. The third-order valence-corrected chi connectivity index (χ3v) is 0. The first-order valence-electron chi connectivity index (χ1n) is 0.365. The molecule has 0 aromatic carbocycles. The molecule has 4 heteroatoms. The zero-order valence-electron chi connectivity index (χ0n) is 1.66. The molecular formula is H2CrFeO2. The summed E-state index contributed by atoms with van der Waals surface area (Å²) in [6.07, 6.45) is 0. The van der Waals surface area contributed by atoms with Gasteiger partial charge in [0.2, 0.25) is 0 Å². The van der Waals surface area contributed by atoms with Crippen LogP contribution in [0.1, 0.15) is 0 Å². The van der Waals surface area contributed by atoms with E-state index in [1.165, 1.54) is 0 Å². The van der Waals surface area contributed by atoms with Gasteiger partial charge in [-0.3, -0.25) is 0 Å². The third-order valence-electron chi connectivity index (χ3n) is 0. The second-order valence-corrected chi connectivity index (χ2v) is 0.337. The fourth-order valence-corrected chi connectivity index (χ4v) is 0. The second kappa shape index (κ2) is 9.02. The molecule has 0 aliphatic heterocycles. The Bertz CT molecular complexity index is 6.00. The molecule has 0 spiro atoms. The van der Waals surface area contributed by atoms with Crippen molar-refractivity contribution in [2.75, 3.05) is 0 Å². The summed E-state index contributed by atoms with van der Waals surface area (Å²) in [6.45, 7) is 0. The quantitative estimate of drug-likeness (QED) is 0.420. The summed E-state index contributed by atoms with van der Waals surface area (Å²) in [5.74, 6) is 0. The molecule has 0 rings (SSSR count). The molecule has 0 aliphatic carbocycles. The van der Waals surface area contributed by atoms with E-state index in [0.29, 0.717) is 0 Å². The van der Waals surface area contributed by atoms with E-state index in [1.807, 2.05) is 0 Å². The van der Waals surface area contributed by atoms with Gasteiger partial charge < -0.3 is 0 Å². The molecule has 0 radical (unpaired) electrons.